The highest BCUT2D eigenvalue weighted by Gasteiger charge is 2.14. The number of carbonyl (C=O) groups excluding carboxylic acids is 1. The SMILES string of the molecule is CONS(=O)(=O)c1ccc(C(=O)NCc2ccc(C)cc2C)cc1. The summed E-state index contributed by atoms with van der Waals surface area (Å²) in [6, 6.07) is 11.7. The van der Waals surface area contributed by atoms with Gasteiger partial charge in [0, 0.05) is 12.1 Å². The first kappa shape index (κ1) is 18.1. The van der Waals surface area contributed by atoms with Crippen molar-refractivity contribution in [3.05, 3.63) is 64.7 Å². The Bertz CT molecular complexity index is 830. The molecule has 0 radical (unpaired) electrons. The molecule has 0 heterocycles. The summed E-state index contributed by atoms with van der Waals surface area (Å²) in [4.78, 5) is 18.5. The standard InChI is InChI=1S/C17H20N2O4S/c1-12-4-5-15(13(2)10-12)11-18-17(20)14-6-8-16(9-7-14)24(21,22)19-23-3/h4-10,19H,11H2,1-3H3,(H,18,20). The van der Waals surface area contributed by atoms with Crippen molar-refractivity contribution in [1.29, 1.82) is 0 Å². The topological polar surface area (TPSA) is 84.5 Å². The number of rotatable bonds is 6. The molecule has 0 aromatic heterocycles. The van der Waals surface area contributed by atoms with Crippen LogP contribution >= 0.6 is 0 Å². The van der Waals surface area contributed by atoms with Gasteiger partial charge in [0.15, 0.2) is 0 Å². The highest BCUT2D eigenvalue weighted by atomic mass is 32.2. The Morgan fingerprint density at radius 1 is 1.08 bits per heavy atom. The first-order valence-corrected chi connectivity index (χ1v) is 8.81. The molecule has 0 unspecified atom stereocenters. The lowest BCUT2D eigenvalue weighted by Gasteiger charge is -2.09. The van der Waals surface area contributed by atoms with Crippen LogP contribution in [0.4, 0.5) is 0 Å². The molecule has 2 N–H and O–H groups in total. The smallest absolute Gasteiger partial charge is 0.262 e. The summed E-state index contributed by atoms with van der Waals surface area (Å²) in [5, 5.41) is 2.83. The molecule has 1 amide bonds. The molecule has 0 atom stereocenters. The predicted octanol–water partition coefficient (Wildman–Crippen LogP) is 2.07. The van der Waals surface area contributed by atoms with E-state index in [1.165, 1.54) is 36.9 Å². The highest BCUT2D eigenvalue weighted by molar-refractivity contribution is 7.89. The van der Waals surface area contributed by atoms with Crippen molar-refractivity contribution in [3.63, 3.8) is 0 Å². The quantitative estimate of drug-likeness (QED) is 0.783. The third-order valence-electron chi connectivity index (χ3n) is 3.56. The predicted molar refractivity (Wildman–Crippen MR) is 90.9 cm³/mol. The molecule has 0 fully saturated rings. The van der Waals surface area contributed by atoms with E-state index in [-0.39, 0.29) is 10.8 Å². The molecule has 6 nitrogen and oxygen atoms in total. The van der Waals surface area contributed by atoms with E-state index in [0.29, 0.717) is 12.1 Å². The van der Waals surface area contributed by atoms with Crippen LogP contribution in [0.3, 0.4) is 0 Å². The lowest BCUT2D eigenvalue weighted by atomic mass is 10.1. The summed E-state index contributed by atoms with van der Waals surface area (Å²) >= 11 is 0. The molecule has 2 aromatic rings. The number of benzene rings is 2. The molecule has 0 saturated carbocycles. The summed E-state index contributed by atoms with van der Waals surface area (Å²) in [6.07, 6.45) is 0. The van der Waals surface area contributed by atoms with Crippen LogP contribution in [0.1, 0.15) is 27.0 Å². The fourth-order valence-corrected chi connectivity index (χ4v) is 3.08. The van der Waals surface area contributed by atoms with Crippen molar-refractivity contribution < 1.29 is 18.0 Å². The van der Waals surface area contributed by atoms with Gasteiger partial charge in [-0.25, -0.2) is 8.42 Å². The first-order valence-electron chi connectivity index (χ1n) is 7.32. The van der Waals surface area contributed by atoms with Crippen LogP contribution < -0.4 is 10.2 Å². The lowest BCUT2D eigenvalue weighted by molar-refractivity contribution is 0.0950. The third-order valence-corrected chi connectivity index (χ3v) is 4.84. The molecule has 0 saturated heterocycles. The second-order valence-electron chi connectivity index (χ2n) is 5.43. The van der Waals surface area contributed by atoms with Crippen molar-refractivity contribution >= 4 is 15.9 Å². The highest BCUT2D eigenvalue weighted by Crippen LogP contribution is 2.12. The van der Waals surface area contributed by atoms with Crippen LogP contribution in [0.5, 0.6) is 0 Å². The second kappa shape index (κ2) is 7.57. The summed E-state index contributed by atoms with van der Waals surface area (Å²) in [5.41, 5.74) is 3.71. The van der Waals surface area contributed by atoms with E-state index in [4.69, 9.17) is 0 Å². The molecule has 128 valence electrons. The molecule has 0 spiro atoms. The summed E-state index contributed by atoms with van der Waals surface area (Å²) in [5.74, 6) is -0.265. The maximum absolute atomic E-state index is 12.2. The number of hydrogen-bond acceptors (Lipinski definition) is 4. The second-order valence-corrected chi connectivity index (χ2v) is 7.07. The van der Waals surface area contributed by atoms with Gasteiger partial charge in [0.05, 0.1) is 12.0 Å². The molecule has 0 aliphatic carbocycles. The van der Waals surface area contributed by atoms with Gasteiger partial charge in [-0.15, -0.1) is 0 Å². The Morgan fingerprint density at radius 2 is 1.75 bits per heavy atom. The van der Waals surface area contributed by atoms with E-state index in [0.717, 1.165) is 11.1 Å². The zero-order valence-electron chi connectivity index (χ0n) is 13.8. The minimum absolute atomic E-state index is 0.0234. The number of amides is 1. The summed E-state index contributed by atoms with van der Waals surface area (Å²) in [7, 11) is -2.51. The van der Waals surface area contributed by atoms with E-state index < -0.39 is 10.0 Å². The average molecular weight is 348 g/mol. The normalized spacial score (nSPS) is 11.3. The number of sulfonamides is 1. The van der Waals surface area contributed by atoms with E-state index in [2.05, 4.69) is 16.2 Å². The Kier molecular flexibility index (Phi) is 5.71. The molecule has 24 heavy (non-hydrogen) atoms. The first-order chi connectivity index (χ1) is 11.3. The zero-order valence-corrected chi connectivity index (χ0v) is 14.6. The lowest BCUT2D eigenvalue weighted by Crippen LogP contribution is -2.24. The van der Waals surface area contributed by atoms with E-state index in [1.807, 2.05) is 30.9 Å². The van der Waals surface area contributed by atoms with Gasteiger partial charge in [-0.05, 0) is 49.2 Å². The van der Waals surface area contributed by atoms with Crippen molar-refractivity contribution in [2.75, 3.05) is 7.11 Å². The molecule has 7 heteroatoms. The van der Waals surface area contributed by atoms with Gasteiger partial charge in [0.1, 0.15) is 0 Å². The molecular formula is C17H20N2O4S. The zero-order chi connectivity index (χ0) is 17.7. The van der Waals surface area contributed by atoms with Gasteiger partial charge in [-0.2, -0.15) is 0 Å². The van der Waals surface area contributed by atoms with Gasteiger partial charge >= 0.3 is 0 Å². The van der Waals surface area contributed by atoms with E-state index >= 15 is 0 Å². The number of carbonyl (C=O) groups is 1. The minimum Gasteiger partial charge on any atom is -0.348 e. The van der Waals surface area contributed by atoms with Crippen LogP contribution in [0.2, 0.25) is 0 Å². The number of hydrogen-bond donors (Lipinski definition) is 2. The van der Waals surface area contributed by atoms with E-state index in [1.54, 1.807) is 0 Å². The Hall–Kier alpha value is -2.22. The van der Waals surface area contributed by atoms with Crippen molar-refractivity contribution in [2.24, 2.45) is 0 Å². The van der Waals surface area contributed by atoms with Crippen LogP contribution in [0.15, 0.2) is 47.4 Å². The van der Waals surface area contributed by atoms with Crippen molar-refractivity contribution in [3.8, 4) is 0 Å². The molecule has 0 aliphatic rings. The molecule has 2 rings (SSSR count). The van der Waals surface area contributed by atoms with Crippen LogP contribution in [-0.4, -0.2) is 21.4 Å². The Labute approximate surface area is 141 Å². The maximum atomic E-state index is 12.2. The monoisotopic (exact) mass is 348 g/mol. The minimum atomic E-state index is -3.72. The average Bonchev–Trinajstić information content (AvgIpc) is 2.54. The third kappa shape index (κ3) is 4.41. The molecule has 0 aliphatic heterocycles. The van der Waals surface area contributed by atoms with Crippen LogP contribution in [0, 0.1) is 13.8 Å². The van der Waals surface area contributed by atoms with E-state index in [9.17, 15) is 13.2 Å². The number of aryl methyl sites for hydroxylation is 2. The fourth-order valence-electron chi connectivity index (χ4n) is 2.26. The van der Waals surface area contributed by atoms with Gasteiger partial charge in [0.2, 0.25) is 0 Å². The van der Waals surface area contributed by atoms with Gasteiger partial charge < -0.3 is 5.32 Å². The Morgan fingerprint density at radius 3 is 2.33 bits per heavy atom. The number of nitrogens with one attached hydrogen (secondary N) is 2. The van der Waals surface area contributed by atoms with Gasteiger partial charge in [-0.3, -0.25) is 9.63 Å². The largest absolute Gasteiger partial charge is 0.348 e. The fraction of sp³-hybridized carbons (Fsp3) is 0.235. The summed E-state index contributed by atoms with van der Waals surface area (Å²) in [6.45, 7) is 4.43. The molecule has 2 aromatic carbocycles. The van der Waals surface area contributed by atoms with Crippen LogP contribution in [0.25, 0.3) is 0 Å². The van der Waals surface area contributed by atoms with Crippen molar-refractivity contribution in [1.82, 2.24) is 10.2 Å². The van der Waals surface area contributed by atoms with Crippen LogP contribution in [-0.2, 0) is 21.4 Å². The van der Waals surface area contributed by atoms with Crippen molar-refractivity contribution in [2.45, 2.75) is 25.3 Å². The molecule has 0 bridgehead atoms. The van der Waals surface area contributed by atoms with Gasteiger partial charge in [0.25, 0.3) is 15.9 Å². The Balaban J connectivity index is 2.05. The molecular weight excluding hydrogens is 328 g/mol. The summed E-state index contributed by atoms with van der Waals surface area (Å²) < 4.78 is 23.5. The van der Waals surface area contributed by atoms with Gasteiger partial charge in [-0.1, -0.05) is 28.6 Å². The maximum Gasteiger partial charge on any atom is 0.262 e.